The van der Waals surface area contributed by atoms with Gasteiger partial charge in [0.25, 0.3) is 0 Å². The summed E-state index contributed by atoms with van der Waals surface area (Å²) in [6.45, 7) is 8.29. The summed E-state index contributed by atoms with van der Waals surface area (Å²) >= 11 is 0. The van der Waals surface area contributed by atoms with E-state index in [0.29, 0.717) is 48.2 Å². The first-order valence-electron chi connectivity index (χ1n) is 12.5. The molecule has 4 aliphatic rings. The summed E-state index contributed by atoms with van der Waals surface area (Å²) in [4.78, 5) is 36.3. The quantitative estimate of drug-likeness (QED) is 0.600. The van der Waals surface area contributed by atoms with Crippen LogP contribution in [0, 0.1) is 46.3 Å². The average molecular weight is 433 g/mol. The first kappa shape index (κ1) is 22.8. The number of carbonyl (C=O) groups is 3. The SMILES string of the molecule is CC(=O)O[C@@H]1CC[C@@]2(C)[C@H](CC[C@@H]3[C@@H]2CC(=O)[C@]2(C)[C@@H]([C@H](C)CCC(=O)O)CC[C@@H]32)C1. The van der Waals surface area contributed by atoms with Crippen LogP contribution in [-0.4, -0.2) is 28.9 Å². The van der Waals surface area contributed by atoms with Crippen molar-refractivity contribution in [3.8, 4) is 0 Å². The third-order valence-electron chi connectivity index (χ3n) is 10.4. The van der Waals surface area contributed by atoms with Crippen LogP contribution in [-0.2, 0) is 19.1 Å². The maximum Gasteiger partial charge on any atom is 0.303 e. The zero-order valence-electron chi connectivity index (χ0n) is 19.7. The van der Waals surface area contributed by atoms with E-state index in [1.54, 1.807) is 0 Å². The second-order valence-corrected chi connectivity index (χ2v) is 11.7. The maximum atomic E-state index is 13.7. The van der Waals surface area contributed by atoms with Crippen molar-refractivity contribution >= 4 is 17.7 Å². The molecule has 0 aromatic heterocycles. The van der Waals surface area contributed by atoms with Gasteiger partial charge in [0.15, 0.2) is 0 Å². The molecular weight excluding hydrogens is 392 g/mol. The van der Waals surface area contributed by atoms with Gasteiger partial charge in [-0.2, -0.15) is 0 Å². The molecule has 174 valence electrons. The molecule has 0 aliphatic heterocycles. The lowest BCUT2D eigenvalue weighted by atomic mass is 9.44. The molecule has 0 heterocycles. The number of ether oxygens (including phenoxy) is 1. The Morgan fingerprint density at radius 3 is 2.55 bits per heavy atom. The van der Waals surface area contributed by atoms with Crippen molar-refractivity contribution in [2.45, 2.75) is 98.0 Å². The van der Waals surface area contributed by atoms with Gasteiger partial charge in [0, 0.05) is 25.2 Å². The predicted molar refractivity (Wildman–Crippen MR) is 117 cm³/mol. The smallest absolute Gasteiger partial charge is 0.303 e. The van der Waals surface area contributed by atoms with E-state index in [1.807, 2.05) is 0 Å². The fourth-order valence-electron chi connectivity index (χ4n) is 8.76. The molecule has 0 radical (unpaired) electrons. The molecule has 0 amide bonds. The second kappa shape index (κ2) is 8.19. The van der Waals surface area contributed by atoms with Crippen molar-refractivity contribution in [2.75, 3.05) is 0 Å². The van der Waals surface area contributed by atoms with E-state index in [-0.39, 0.29) is 35.2 Å². The summed E-state index contributed by atoms with van der Waals surface area (Å²) in [6.07, 6.45) is 9.04. The number of ketones is 1. The monoisotopic (exact) mass is 432 g/mol. The van der Waals surface area contributed by atoms with Crippen LogP contribution in [0.25, 0.3) is 0 Å². The number of aliphatic carboxylic acids is 1. The predicted octanol–water partition coefficient (Wildman–Crippen LogP) is 5.26. The summed E-state index contributed by atoms with van der Waals surface area (Å²) in [7, 11) is 0. The van der Waals surface area contributed by atoms with E-state index in [4.69, 9.17) is 9.84 Å². The molecule has 5 heteroatoms. The van der Waals surface area contributed by atoms with E-state index >= 15 is 0 Å². The Bertz CT molecular complexity index is 746. The Morgan fingerprint density at radius 2 is 1.87 bits per heavy atom. The van der Waals surface area contributed by atoms with Crippen molar-refractivity contribution in [1.29, 1.82) is 0 Å². The van der Waals surface area contributed by atoms with Crippen LogP contribution >= 0.6 is 0 Å². The Labute approximate surface area is 186 Å². The molecule has 0 bridgehead atoms. The minimum atomic E-state index is -0.739. The molecule has 0 unspecified atom stereocenters. The van der Waals surface area contributed by atoms with Crippen molar-refractivity contribution < 1.29 is 24.2 Å². The molecule has 0 aromatic carbocycles. The fourth-order valence-corrected chi connectivity index (χ4v) is 8.76. The van der Waals surface area contributed by atoms with E-state index in [9.17, 15) is 14.4 Å². The number of hydrogen-bond donors (Lipinski definition) is 1. The molecule has 4 saturated carbocycles. The number of carbonyl (C=O) groups excluding carboxylic acids is 2. The van der Waals surface area contributed by atoms with Crippen molar-refractivity contribution in [3.05, 3.63) is 0 Å². The van der Waals surface area contributed by atoms with E-state index < -0.39 is 5.97 Å². The topological polar surface area (TPSA) is 80.7 Å². The van der Waals surface area contributed by atoms with Crippen LogP contribution in [0.15, 0.2) is 0 Å². The van der Waals surface area contributed by atoms with Crippen LogP contribution in [0.1, 0.15) is 91.9 Å². The lowest BCUT2D eigenvalue weighted by Crippen LogP contribution is -2.57. The molecule has 4 rings (SSSR count). The lowest BCUT2D eigenvalue weighted by molar-refractivity contribution is -0.167. The summed E-state index contributed by atoms with van der Waals surface area (Å²) in [5.41, 5.74) is -0.110. The van der Waals surface area contributed by atoms with Crippen molar-refractivity contribution in [1.82, 2.24) is 0 Å². The van der Waals surface area contributed by atoms with E-state index in [0.717, 1.165) is 32.1 Å². The Hall–Kier alpha value is -1.39. The zero-order valence-corrected chi connectivity index (χ0v) is 19.7. The summed E-state index contributed by atoms with van der Waals surface area (Å²) < 4.78 is 5.56. The largest absolute Gasteiger partial charge is 0.481 e. The van der Waals surface area contributed by atoms with Gasteiger partial charge in [-0.25, -0.2) is 0 Å². The molecule has 9 atom stereocenters. The number of carboxylic acids is 1. The molecule has 0 saturated heterocycles. The zero-order chi connectivity index (χ0) is 22.6. The van der Waals surface area contributed by atoms with Crippen molar-refractivity contribution in [3.63, 3.8) is 0 Å². The number of fused-ring (bicyclic) bond motifs is 5. The highest BCUT2D eigenvalue weighted by Gasteiger charge is 2.64. The molecule has 31 heavy (non-hydrogen) atoms. The molecule has 4 fully saturated rings. The minimum Gasteiger partial charge on any atom is -0.481 e. The molecule has 0 aromatic rings. The van der Waals surface area contributed by atoms with Crippen LogP contribution in [0.3, 0.4) is 0 Å². The van der Waals surface area contributed by atoms with Gasteiger partial charge in [-0.05, 0) is 92.3 Å². The molecule has 0 spiro atoms. The third-order valence-corrected chi connectivity index (χ3v) is 10.4. The number of Topliss-reactive ketones (excluding diaryl/α,β-unsaturated/α-hetero) is 1. The van der Waals surface area contributed by atoms with Crippen LogP contribution in [0.5, 0.6) is 0 Å². The highest BCUT2D eigenvalue weighted by atomic mass is 16.5. The van der Waals surface area contributed by atoms with E-state index in [1.165, 1.54) is 19.8 Å². The van der Waals surface area contributed by atoms with Gasteiger partial charge in [-0.15, -0.1) is 0 Å². The van der Waals surface area contributed by atoms with Gasteiger partial charge < -0.3 is 9.84 Å². The summed E-state index contributed by atoms with van der Waals surface area (Å²) in [5, 5.41) is 9.12. The van der Waals surface area contributed by atoms with Crippen LogP contribution < -0.4 is 0 Å². The molecule has 5 nitrogen and oxygen atoms in total. The van der Waals surface area contributed by atoms with Gasteiger partial charge in [-0.3, -0.25) is 14.4 Å². The highest BCUT2D eigenvalue weighted by Crippen LogP contribution is 2.67. The van der Waals surface area contributed by atoms with Crippen molar-refractivity contribution in [2.24, 2.45) is 46.3 Å². The first-order valence-corrected chi connectivity index (χ1v) is 12.5. The normalized spacial score (nSPS) is 45.2. The van der Waals surface area contributed by atoms with E-state index in [2.05, 4.69) is 20.8 Å². The third kappa shape index (κ3) is 3.74. The minimum absolute atomic E-state index is 0.0441. The first-order chi connectivity index (χ1) is 14.6. The van der Waals surface area contributed by atoms with Gasteiger partial charge >= 0.3 is 11.9 Å². The van der Waals surface area contributed by atoms with Gasteiger partial charge in [0.05, 0.1) is 0 Å². The number of hydrogen-bond acceptors (Lipinski definition) is 4. The standard InChI is InChI=1S/C26H40O5/c1-15(5-10-24(29)30)20-8-9-21-19-7-6-17-13-18(31-16(2)27)11-12-25(17,3)22(19)14-23(28)26(20,21)4/h15,17-22H,5-14H2,1-4H3,(H,29,30)/t15-,17-,18-,19+,20-,21+,22+,25+,26-/m1/s1. The Balaban J connectivity index is 1.52. The van der Waals surface area contributed by atoms with Gasteiger partial charge in [0.1, 0.15) is 11.9 Å². The molecule has 4 aliphatic carbocycles. The fraction of sp³-hybridized carbons (Fsp3) is 0.885. The average Bonchev–Trinajstić information content (AvgIpc) is 3.06. The number of carboxylic acid groups (broad SMARTS) is 1. The summed E-state index contributed by atoms with van der Waals surface area (Å²) in [5.74, 6) is 2.14. The Morgan fingerprint density at radius 1 is 1.13 bits per heavy atom. The Kier molecular flexibility index (Phi) is 6.02. The van der Waals surface area contributed by atoms with Crippen LogP contribution in [0.4, 0.5) is 0 Å². The summed E-state index contributed by atoms with van der Waals surface area (Å²) in [6, 6.07) is 0. The highest BCUT2D eigenvalue weighted by molar-refractivity contribution is 5.87. The van der Waals surface area contributed by atoms with Gasteiger partial charge in [-0.1, -0.05) is 20.8 Å². The molecular formula is C26H40O5. The molecule has 1 N–H and O–H groups in total. The number of rotatable bonds is 5. The maximum absolute atomic E-state index is 13.7. The van der Waals surface area contributed by atoms with Crippen LogP contribution in [0.2, 0.25) is 0 Å². The number of esters is 1. The second-order valence-electron chi connectivity index (χ2n) is 11.7. The van der Waals surface area contributed by atoms with Gasteiger partial charge in [0.2, 0.25) is 0 Å². The lowest BCUT2D eigenvalue weighted by Gasteiger charge is -2.60.